The molecule has 2 saturated heterocycles. The molecule has 8 nitrogen and oxygen atoms in total. The Morgan fingerprint density at radius 3 is 2.54 bits per heavy atom. The van der Waals surface area contributed by atoms with Crippen LogP contribution in [0.1, 0.15) is 78.6 Å². The first-order valence-electron chi connectivity index (χ1n) is 14.5. The van der Waals surface area contributed by atoms with Crippen molar-refractivity contribution in [3.63, 3.8) is 0 Å². The van der Waals surface area contributed by atoms with Gasteiger partial charge < -0.3 is 34.3 Å². The molecule has 0 radical (unpaired) electrons. The van der Waals surface area contributed by atoms with Crippen molar-refractivity contribution in [1.82, 2.24) is 0 Å². The highest BCUT2D eigenvalue weighted by Crippen LogP contribution is 2.70. The first-order valence-corrected chi connectivity index (χ1v) is 14.5. The van der Waals surface area contributed by atoms with Crippen LogP contribution in [0.4, 0.5) is 0 Å². The van der Waals surface area contributed by atoms with E-state index < -0.39 is 23.8 Å². The number of fused-ring (bicyclic) bond motifs is 7. The summed E-state index contributed by atoms with van der Waals surface area (Å²) >= 11 is 0. The summed E-state index contributed by atoms with van der Waals surface area (Å²) in [7, 11) is 0. The molecule has 0 aromatic carbocycles. The summed E-state index contributed by atoms with van der Waals surface area (Å²) in [6.45, 7) is 6.85. The van der Waals surface area contributed by atoms with Crippen LogP contribution in [0.5, 0.6) is 0 Å². The number of aliphatic hydroxyl groups is 3. The molecule has 3 N–H and O–H groups in total. The average Bonchev–Trinajstić information content (AvgIpc) is 3.37. The van der Waals surface area contributed by atoms with Crippen molar-refractivity contribution < 1.29 is 39.1 Å². The van der Waals surface area contributed by atoms with Crippen molar-refractivity contribution in [1.29, 1.82) is 0 Å². The first kappa shape index (κ1) is 25.0. The maximum Gasteiger partial charge on any atom is 0.331 e. The van der Waals surface area contributed by atoms with Crippen LogP contribution in [0, 0.1) is 34.5 Å². The Labute approximate surface area is 218 Å². The summed E-state index contributed by atoms with van der Waals surface area (Å²) in [5.74, 6) is -0.928. The molecule has 0 aromatic rings. The van der Waals surface area contributed by atoms with E-state index in [9.17, 15) is 20.1 Å². The zero-order chi connectivity index (χ0) is 26.0. The Morgan fingerprint density at radius 2 is 1.78 bits per heavy atom. The molecule has 3 aliphatic heterocycles. The van der Waals surface area contributed by atoms with E-state index in [0.29, 0.717) is 24.9 Å². The normalized spacial score (nSPS) is 58.8. The second-order valence-corrected chi connectivity index (χ2v) is 13.8. The molecule has 0 amide bonds. The second-order valence-electron chi connectivity index (χ2n) is 13.8. The van der Waals surface area contributed by atoms with Crippen LogP contribution in [0.25, 0.3) is 0 Å². The van der Waals surface area contributed by atoms with Gasteiger partial charge in [0.15, 0.2) is 0 Å². The number of aliphatic hydroxyl groups excluding tert-OH is 1. The van der Waals surface area contributed by atoms with E-state index in [4.69, 9.17) is 18.9 Å². The molecule has 7 aliphatic rings. The van der Waals surface area contributed by atoms with Gasteiger partial charge in [0.25, 0.3) is 0 Å². The molecule has 206 valence electrons. The van der Waals surface area contributed by atoms with Gasteiger partial charge in [0.1, 0.15) is 12.7 Å². The molecule has 4 aliphatic carbocycles. The third-order valence-electron chi connectivity index (χ3n) is 12.3. The summed E-state index contributed by atoms with van der Waals surface area (Å²) in [5, 5.41) is 34.4. The second kappa shape index (κ2) is 8.01. The maximum atomic E-state index is 12.5. The quantitative estimate of drug-likeness (QED) is 0.359. The third-order valence-corrected chi connectivity index (χ3v) is 12.3. The maximum absolute atomic E-state index is 12.5. The fraction of sp³-hybridized carbons (Fsp3) is 0.897. The van der Waals surface area contributed by atoms with Gasteiger partial charge in [0.2, 0.25) is 12.1 Å². The molecule has 0 unspecified atom stereocenters. The zero-order valence-corrected chi connectivity index (χ0v) is 22.2. The van der Waals surface area contributed by atoms with E-state index in [1.54, 1.807) is 6.08 Å². The number of ether oxygens (including phenoxy) is 4. The molecule has 4 saturated carbocycles. The van der Waals surface area contributed by atoms with Crippen LogP contribution in [-0.2, 0) is 23.7 Å². The van der Waals surface area contributed by atoms with Gasteiger partial charge in [-0.2, -0.15) is 0 Å². The van der Waals surface area contributed by atoms with Gasteiger partial charge >= 0.3 is 5.97 Å². The highest BCUT2D eigenvalue weighted by molar-refractivity contribution is 5.85. The Bertz CT molecular complexity index is 1010. The van der Waals surface area contributed by atoms with Gasteiger partial charge in [-0.3, -0.25) is 0 Å². The standard InChI is InChI=1S/C29H42O8/c1-15-10-23(30)29(33)25(35-15)36-21-12-17-4-5-20-19(26(17,2)13-22(21)37-29)6-8-27(3)18(7-9-28(20,27)32)16-11-24(31)34-14-16/h11,15,17-23,25,30,32-33H,4-10,12-14H2,1-3H3/t15-,17-,18-,19+,20-,21-,22-,23-,25+,26+,27-,28+,29+/m1/s1. The van der Waals surface area contributed by atoms with Crippen LogP contribution >= 0.6 is 0 Å². The molecule has 37 heavy (non-hydrogen) atoms. The summed E-state index contributed by atoms with van der Waals surface area (Å²) in [6, 6.07) is 0. The first-order chi connectivity index (χ1) is 17.5. The van der Waals surface area contributed by atoms with Crippen molar-refractivity contribution in [2.45, 2.75) is 121 Å². The van der Waals surface area contributed by atoms with Gasteiger partial charge in [0.05, 0.1) is 23.9 Å². The molecule has 7 rings (SSSR count). The predicted octanol–water partition coefficient (Wildman–Crippen LogP) is 2.82. The third kappa shape index (κ3) is 3.26. The molecular weight excluding hydrogens is 476 g/mol. The fourth-order valence-corrected chi connectivity index (χ4v) is 10.3. The SMILES string of the molecule is C[C@@H]1C[C@@H](O)[C@]2(O)O[C@@H]3C[C@@]4(C)[C@H](CC[C@@H]5[C@@H]4CC[C@]4(C)[C@@H](C6=CC(=O)OC6)CC[C@]54O)C[C@H]3O[C@@H]2O1. The zero-order valence-electron chi connectivity index (χ0n) is 22.2. The molecule has 0 spiro atoms. The molecule has 0 bridgehead atoms. The van der Waals surface area contributed by atoms with Crippen molar-refractivity contribution in [2.24, 2.45) is 34.5 Å². The highest BCUT2D eigenvalue weighted by Gasteiger charge is 2.69. The molecule has 6 fully saturated rings. The summed E-state index contributed by atoms with van der Waals surface area (Å²) in [4.78, 5) is 11.8. The average molecular weight is 519 g/mol. The van der Waals surface area contributed by atoms with E-state index in [0.717, 1.165) is 56.9 Å². The van der Waals surface area contributed by atoms with E-state index in [1.165, 1.54) is 0 Å². The Hall–Kier alpha value is -1.03. The largest absolute Gasteiger partial charge is 0.458 e. The lowest BCUT2D eigenvalue weighted by atomic mass is 9.43. The van der Waals surface area contributed by atoms with Gasteiger partial charge in [0, 0.05) is 17.9 Å². The summed E-state index contributed by atoms with van der Waals surface area (Å²) < 4.78 is 23.7. The number of esters is 1. The number of hydrogen-bond acceptors (Lipinski definition) is 8. The minimum atomic E-state index is -1.85. The van der Waals surface area contributed by atoms with E-state index in [1.807, 2.05) is 6.92 Å². The Morgan fingerprint density at radius 1 is 0.973 bits per heavy atom. The molecule has 8 heteroatoms. The van der Waals surface area contributed by atoms with Crippen molar-refractivity contribution in [3.05, 3.63) is 11.6 Å². The molecule has 0 aromatic heterocycles. The van der Waals surface area contributed by atoms with E-state index in [2.05, 4.69) is 13.8 Å². The predicted molar refractivity (Wildman–Crippen MR) is 131 cm³/mol. The lowest BCUT2D eigenvalue weighted by Crippen LogP contribution is -2.70. The molecule has 3 heterocycles. The van der Waals surface area contributed by atoms with Crippen LogP contribution in [0.15, 0.2) is 11.6 Å². The molecular formula is C29H42O8. The van der Waals surface area contributed by atoms with Gasteiger partial charge in [-0.1, -0.05) is 13.8 Å². The van der Waals surface area contributed by atoms with Crippen molar-refractivity contribution >= 4 is 5.97 Å². The van der Waals surface area contributed by atoms with Crippen LogP contribution in [-0.4, -0.2) is 70.0 Å². The Kier molecular flexibility index (Phi) is 5.41. The van der Waals surface area contributed by atoms with Crippen LogP contribution < -0.4 is 0 Å². The van der Waals surface area contributed by atoms with E-state index >= 15 is 0 Å². The van der Waals surface area contributed by atoms with Crippen LogP contribution in [0.2, 0.25) is 0 Å². The van der Waals surface area contributed by atoms with Crippen LogP contribution in [0.3, 0.4) is 0 Å². The molecule has 13 atom stereocenters. The smallest absolute Gasteiger partial charge is 0.331 e. The number of cyclic esters (lactones) is 1. The van der Waals surface area contributed by atoms with E-state index in [-0.39, 0.29) is 46.9 Å². The number of rotatable bonds is 1. The number of carbonyl (C=O) groups excluding carboxylic acids is 1. The summed E-state index contributed by atoms with van der Waals surface area (Å²) in [6.07, 6.45) is 6.46. The lowest BCUT2D eigenvalue weighted by Gasteiger charge is -2.65. The minimum absolute atomic E-state index is 0.0503. The minimum Gasteiger partial charge on any atom is -0.458 e. The summed E-state index contributed by atoms with van der Waals surface area (Å²) in [5.41, 5.74) is -0.0261. The van der Waals surface area contributed by atoms with Gasteiger partial charge in [-0.25, -0.2) is 4.79 Å². The Balaban J connectivity index is 1.16. The highest BCUT2D eigenvalue weighted by atomic mass is 16.8. The van der Waals surface area contributed by atoms with Crippen molar-refractivity contribution in [3.8, 4) is 0 Å². The monoisotopic (exact) mass is 518 g/mol. The van der Waals surface area contributed by atoms with Gasteiger partial charge in [-0.05, 0) is 93.0 Å². The van der Waals surface area contributed by atoms with Gasteiger partial charge in [-0.15, -0.1) is 0 Å². The van der Waals surface area contributed by atoms with Crippen molar-refractivity contribution in [2.75, 3.05) is 6.61 Å². The fourth-order valence-electron chi connectivity index (χ4n) is 10.3. The number of carbonyl (C=O) groups is 1. The topological polar surface area (TPSA) is 115 Å². The number of hydrogen-bond donors (Lipinski definition) is 3. The lowest BCUT2D eigenvalue weighted by molar-refractivity contribution is -0.458.